The summed E-state index contributed by atoms with van der Waals surface area (Å²) in [6.45, 7) is 1.56. The van der Waals surface area contributed by atoms with Crippen LogP contribution in [0.2, 0.25) is 0 Å². The van der Waals surface area contributed by atoms with E-state index in [1.54, 1.807) is 6.92 Å². The topological polar surface area (TPSA) is 90.4 Å². The van der Waals surface area contributed by atoms with Crippen LogP contribution < -0.4 is 17.0 Å². The Bertz CT molecular complexity index is 89.8. The lowest BCUT2D eigenvalue weighted by atomic mass is 10.4. The molecule has 1 atom stereocenters. The van der Waals surface area contributed by atoms with Crippen molar-refractivity contribution < 1.29 is 7.71 Å². The minimum absolute atomic E-state index is 0.347. The molecule has 0 aromatic carbocycles. The van der Waals surface area contributed by atoms with E-state index < -0.39 is 6.04 Å². The summed E-state index contributed by atoms with van der Waals surface area (Å²) >= 11 is 5.12. The fraction of sp³-hybridized carbons (Fsp3) is 0.667. The van der Waals surface area contributed by atoms with Crippen LogP contribution in [0.1, 0.15) is 6.92 Å². The number of hydrazine groups is 1. The maximum absolute atomic E-state index is 10.2. The molecule has 10 heavy (non-hydrogen) atoms. The van der Waals surface area contributed by atoms with Gasteiger partial charge >= 0.3 is 0 Å². The molecule has 5 N–H and O–H groups in total. The van der Waals surface area contributed by atoms with Crippen molar-refractivity contribution in [2.24, 2.45) is 11.6 Å². The minimum Gasteiger partial charge on any atom is -0.320 e. The van der Waals surface area contributed by atoms with Gasteiger partial charge in [-0.05, 0) is 6.92 Å². The van der Waals surface area contributed by atoms with Gasteiger partial charge in [-0.1, -0.05) is 0 Å². The Morgan fingerprint density at radius 2 is 2.00 bits per heavy atom. The summed E-state index contributed by atoms with van der Waals surface area (Å²) in [5, 5.41) is 0. The minimum atomic E-state index is -0.509. The van der Waals surface area contributed by atoms with Crippen LogP contribution in [0, 0.1) is 0 Å². The third-order valence-corrected chi connectivity index (χ3v) is 0.556. The van der Waals surface area contributed by atoms with Gasteiger partial charge in [-0.3, -0.25) is 10.2 Å². The Kier molecular flexibility index (Phi) is 12.0. The molecule has 0 saturated heterocycles. The lowest BCUT2D eigenvalue weighted by Crippen LogP contribution is -2.41. The first kappa shape index (κ1) is 12.9. The number of amides is 1. The Balaban J connectivity index is 0. The van der Waals surface area contributed by atoms with E-state index in [2.05, 4.69) is 35.4 Å². The molecule has 7 heteroatoms. The first-order valence-corrected chi connectivity index (χ1v) is 3.55. The van der Waals surface area contributed by atoms with E-state index in [-0.39, 0.29) is 5.91 Å². The second-order valence-corrected chi connectivity index (χ2v) is 2.87. The Labute approximate surface area is 76.3 Å². The van der Waals surface area contributed by atoms with Gasteiger partial charge in [-0.25, -0.2) is 8.76 Å². The van der Waals surface area contributed by atoms with Gasteiger partial charge in [-0.15, -0.1) is 0 Å². The number of hydrogen-bond acceptors (Lipinski definition) is 4. The van der Waals surface area contributed by atoms with Crippen LogP contribution in [-0.2, 0) is 7.71 Å². The summed E-state index contributed by atoms with van der Waals surface area (Å²) < 4.78 is 3.88. The zero-order valence-electron chi connectivity index (χ0n) is 5.30. The lowest BCUT2D eigenvalue weighted by molar-refractivity contribution is -0.122. The third-order valence-electron chi connectivity index (χ3n) is 0.556. The van der Waals surface area contributed by atoms with Crippen molar-refractivity contribution in [2.75, 3.05) is 0 Å². The van der Waals surface area contributed by atoms with Crippen LogP contribution in [-0.4, -0.2) is 11.9 Å². The Morgan fingerprint density at radius 1 is 1.70 bits per heavy atom. The molecule has 0 rings (SSSR count). The highest BCUT2D eigenvalue weighted by atomic mass is 79.9. The van der Waals surface area contributed by atoms with Crippen molar-refractivity contribution in [2.45, 2.75) is 13.0 Å². The molecule has 0 aliphatic carbocycles. The predicted octanol–water partition coefficient (Wildman–Crippen LogP) is -0.0537. The normalized spacial score (nSPS) is 10.9. The van der Waals surface area contributed by atoms with Gasteiger partial charge in [0.1, 0.15) is 32.5 Å². The van der Waals surface area contributed by atoms with Crippen LogP contribution in [0.3, 0.4) is 0 Å². The molecule has 5 nitrogen and oxygen atoms in total. The molecular weight excluding hydrogens is 270 g/mol. The van der Waals surface area contributed by atoms with Gasteiger partial charge in [0.2, 0.25) is 5.91 Å². The van der Waals surface area contributed by atoms with E-state index in [9.17, 15) is 4.79 Å². The smallest absolute Gasteiger partial charge is 0.250 e. The molecule has 0 aliphatic rings. The highest BCUT2D eigenvalue weighted by molar-refractivity contribution is 9.18. The van der Waals surface area contributed by atoms with E-state index in [0.717, 1.165) is 0 Å². The molecule has 0 saturated carbocycles. The van der Waals surface area contributed by atoms with Gasteiger partial charge in [-0.2, -0.15) is 0 Å². The number of carbonyl (C=O) groups is 1. The van der Waals surface area contributed by atoms with Gasteiger partial charge in [0, 0.05) is 0 Å². The summed E-state index contributed by atoms with van der Waals surface area (Å²) in [7, 11) is 0. The zero-order valence-corrected chi connectivity index (χ0v) is 8.48. The van der Waals surface area contributed by atoms with Crippen molar-refractivity contribution in [3.63, 3.8) is 0 Å². The van der Waals surface area contributed by atoms with Gasteiger partial charge in [0.25, 0.3) is 0 Å². The summed E-state index contributed by atoms with van der Waals surface area (Å²) in [6, 6.07) is -0.509. The molecule has 0 aliphatic heterocycles. The van der Waals surface area contributed by atoms with E-state index >= 15 is 0 Å². The van der Waals surface area contributed by atoms with Crippen LogP contribution in [0.4, 0.5) is 0 Å². The quantitative estimate of drug-likeness (QED) is 0.356. The van der Waals surface area contributed by atoms with Gasteiger partial charge in [0.05, 0.1) is 6.04 Å². The van der Waals surface area contributed by atoms with Crippen molar-refractivity contribution in [1.29, 1.82) is 0 Å². The van der Waals surface area contributed by atoms with Crippen molar-refractivity contribution in [3.8, 4) is 0 Å². The van der Waals surface area contributed by atoms with E-state index in [4.69, 9.17) is 11.6 Å². The molecule has 62 valence electrons. The SMILES string of the molecule is BrOBr.C[C@H](N)C(=O)NN. The van der Waals surface area contributed by atoms with Gasteiger partial charge < -0.3 is 5.73 Å². The molecule has 0 aromatic heterocycles. The maximum Gasteiger partial charge on any atom is 0.250 e. The van der Waals surface area contributed by atoms with Crippen molar-refractivity contribution in [3.05, 3.63) is 0 Å². The van der Waals surface area contributed by atoms with Crippen LogP contribution in [0.25, 0.3) is 0 Å². The van der Waals surface area contributed by atoms with Crippen molar-refractivity contribution in [1.82, 2.24) is 5.43 Å². The second kappa shape index (κ2) is 9.31. The van der Waals surface area contributed by atoms with E-state index in [1.165, 1.54) is 0 Å². The van der Waals surface area contributed by atoms with Crippen molar-refractivity contribution >= 4 is 38.4 Å². The summed E-state index contributed by atoms with van der Waals surface area (Å²) in [6.07, 6.45) is 0. The summed E-state index contributed by atoms with van der Waals surface area (Å²) in [5.41, 5.74) is 6.95. The Hall–Kier alpha value is 0.310. The number of carbonyl (C=O) groups excluding carboxylic acids is 1. The summed E-state index contributed by atoms with van der Waals surface area (Å²) in [5.74, 6) is 4.35. The highest BCUT2D eigenvalue weighted by Gasteiger charge is 2.01. The zero-order chi connectivity index (χ0) is 8.57. The van der Waals surface area contributed by atoms with Crippen LogP contribution in [0.15, 0.2) is 0 Å². The lowest BCUT2D eigenvalue weighted by Gasteiger charge is -1.98. The standard InChI is InChI=1S/C3H9N3O.Br2O/c1-2(4)3(7)6-5;1-3-2/h2H,4-5H2,1H3,(H,6,7);/t2-;/m0./s1. The number of nitrogens with one attached hydrogen (secondary N) is 1. The molecule has 0 aromatic rings. The number of halogens is 2. The number of rotatable bonds is 1. The van der Waals surface area contributed by atoms with E-state index in [1.807, 2.05) is 5.43 Å². The predicted molar refractivity (Wildman–Crippen MR) is 44.9 cm³/mol. The van der Waals surface area contributed by atoms with Gasteiger partial charge in [0.15, 0.2) is 0 Å². The van der Waals surface area contributed by atoms with Crippen LogP contribution in [0.5, 0.6) is 0 Å². The molecule has 1 amide bonds. The number of nitrogens with two attached hydrogens (primary N) is 2. The molecule has 0 unspecified atom stereocenters. The third kappa shape index (κ3) is 11.2. The van der Waals surface area contributed by atoms with E-state index in [0.29, 0.717) is 0 Å². The fourth-order valence-electron chi connectivity index (χ4n) is 0.131. The number of hydrogen-bond donors (Lipinski definition) is 3. The molecule has 0 heterocycles. The fourth-order valence-corrected chi connectivity index (χ4v) is 0.131. The molecule has 0 bridgehead atoms. The molecule has 0 radical (unpaired) electrons. The Morgan fingerprint density at radius 3 is 2.00 bits per heavy atom. The average Bonchev–Trinajstić information content (AvgIpc) is 1.88. The highest BCUT2D eigenvalue weighted by Crippen LogP contribution is 1.88. The second-order valence-electron chi connectivity index (χ2n) is 1.36. The molecule has 0 spiro atoms. The first-order valence-electron chi connectivity index (χ1n) is 2.25. The average molecular weight is 279 g/mol. The monoisotopic (exact) mass is 277 g/mol. The van der Waals surface area contributed by atoms with Crippen LogP contribution >= 0.6 is 32.5 Å². The summed E-state index contributed by atoms with van der Waals surface area (Å²) in [4.78, 5) is 10.2. The molecule has 0 fully saturated rings. The largest absolute Gasteiger partial charge is 0.320 e. The first-order chi connectivity index (χ1) is 4.59. The maximum atomic E-state index is 10.2. The molecular formula is C3H9Br2N3O2.